The van der Waals surface area contributed by atoms with E-state index in [9.17, 15) is 9.59 Å². The zero-order chi connectivity index (χ0) is 27.9. The summed E-state index contributed by atoms with van der Waals surface area (Å²) in [7, 11) is 0. The maximum Gasteiger partial charge on any atom is 0.230 e. The molecule has 2 aromatic carbocycles. The molecule has 4 aromatic rings. The van der Waals surface area contributed by atoms with Gasteiger partial charge < -0.3 is 22.1 Å². The fourth-order valence-electron chi connectivity index (χ4n) is 4.82. The van der Waals surface area contributed by atoms with Crippen LogP contribution in [0.15, 0.2) is 48.5 Å². The van der Waals surface area contributed by atoms with Crippen molar-refractivity contribution in [1.29, 1.82) is 0 Å². The summed E-state index contributed by atoms with van der Waals surface area (Å²) < 4.78 is 0. The lowest BCUT2D eigenvalue weighted by Gasteiger charge is -2.25. The number of carbonyl (C=O) groups excluding carboxylic acids is 2. The molecule has 208 valence electrons. The van der Waals surface area contributed by atoms with Gasteiger partial charge in [0.1, 0.15) is 10.0 Å². The number of nitrogens with two attached hydrogens (primary N) is 2. The van der Waals surface area contributed by atoms with Crippen molar-refractivity contribution in [2.24, 2.45) is 11.5 Å². The second-order valence-electron chi connectivity index (χ2n) is 9.94. The smallest absolute Gasteiger partial charge is 0.230 e. The maximum absolute atomic E-state index is 12.5. The third kappa shape index (κ3) is 7.33. The fourth-order valence-corrected chi connectivity index (χ4v) is 6.64. The number of carbonyl (C=O) groups is 2. The second-order valence-corrected chi connectivity index (χ2v) is 12.0. The fraction of sp³-hybridized carbons (Fsp3) is 0.357. The standard InChI is InChI=1S/C28H32N8O2S2/c29-15-19-8-4-17(5-9-19)12-23(37)31-27-35-33-25(39-27)21-2-1-3-22(14-21)26-34-36-28(40-26)32-24(38)13-18-6-10-20(16-30)11-7-18/h4-11,21-22H,1-3,12-16,29-30H2,(H,31,35,37)(H,32,36,38). The van der Waals surface area contributed by atoms with E-state index in [1.54, 1.807) is 0 Å². The van der Waals surface area contributed by atoms with Gasteiger partial charge in [-0.05, 0) is 41.5 Å². The van der Waals surface area contributed by atoms with Crippen molar-refractivity contribution in [2.75, 3.05) is 10.6 Å². The van der Waals surface area contributed by atoms with Crippen LogP contribution in [-0.4, -0.2) is 32.2 Å². The van der Waals surface area contributed by atoms with Crippen molar-refractivity contribution in [3.8, 4) is 0 Å². The van der Waals surface area contributed by atoms with Gasteiger partial charge in [-0.2, -0.15) is 0 Å². The van der Waals surface area contributed by atoms with E-state index in [1.165, 1.54) is 22.7 Å². The zero-order valence-electron chi connectivity index (χ0n) is 22.0. The SMILES string of the molecule is NCc1ccc(CC(=O)Nc2nnc(C3CCCC(c4nnc(NC(=O)Cc5ccc(CN)cc5)s4)C3)s2)cc1. The molecule has 0 bridgehead atoms. The van der Waals surface area contributed by atoms with Gasteiger partial charge in [-0.15, -0.1) is 20.4 Å². The topological polar surface area (TPSA) is 162 Å². The first-order valence-electron chi connectivity index (χ1n) is 13.3. The lowest BCUT2D eigenvalue weighted by molar-refractivity contribution is -0.116. The number of amides is 2. The Morgan fingerprint density at radius 2 is 1.07 bits per heavy atom. The molecule has 5 rings (SSSR count). The van der Waals surface area contributed by atoms with Crippen molar-refractivity contribution < 1.29 is 9.59 Å². The molecule has 0 saturated heterocycles. The molecule has 1 fully saturated rings. The zero-order valence-corrected chi connectivity index (χ0v) is 23.6. The van der Waals surface area contributed by atoms with Crippen molar-refractivity contribution in [3.05, 3.63) is 80.8 Å². The van der Waals surface area contributed by atoms with Crippen LogP contribution in [0.3, 0.4) is 0 Å². The number of aromatic nitrogens is 4. The summed E-state index contributed by atoms with van der Waals surface area (Å²) >= 11 is 2.86. The quantitative estimate of drug-likeness (QED) is 0.219. The van der Waals surface area contributed by atoms with Crippen molar-refractivity contribution in [3.63, 3.8) is 0 Å². The van der Waals surface area contributed by atoms with Gasteiger partial charge >= 0.3 is 0 Å². The van der Waals surface area contributed by atoms with Gasteiger partial charge in [0, 0.05) is 24.9 Å². The molecule has 2 heterocycles. The minimum Gasteiger partial charge on any atom is -0.326 e. The van der Waals surface area contributed by atoms with E-state index in [4.69, 9.17) is 11.5 Å². The lowest BCUT2D eigenvalue weighted by atomic mass is 9.82. The molecule has 12 heteroatoms. The van der Waals surface area contributed by atoms with Crippen LogP contribution in [0.2, 0.25) is 0 Å². The number of anilines is 2. The molecule has 1 saturated carbocycles. The molecule has 2 atom stereocenters. The van der Waals surface area contributed by atoms with Gasteiger partial charge in [0.2, 0.25) is 22.1 Å². The maximum atomic E-state index is 12.5. The normalized spacial score (nSPS) is 16.9. The molecule has 0 spiro atoms. The van der Waals surface area contributed by atoms with E-state index in [0.717, 1.165) is 58.0 Å². The summed E-state index contributed by atoms with van der Waals surface area (Å²) in [4.78, 5) is 25.0. The average Bonchev–Trinajstić information content (AvgIpc) is 3.64. The highest BCUT2D eigenvalue weighted by molar-refractivity contribution is 7.15. The molecule has 40 heavy (non-hydrogen) atoms. The number of nitrogens with zero attached hydrogens (tertiary/aromatic N) is 4. The van der Waals surface area contributed by atoms with Crippen LogP contribution in [0, 0.1) is 0 Å². The first-order valence-corrected chi connectivity index (χ1v) is 14.9. The van der Waals surface area contributed by atoms with Crippen LogP contribution < -0.4 is 22.1 Å². The number of benzene rings is 2. The Hall–Kier alpha value is -3.58. The van der Waals surface area contributed by atoms with Crippen LogP contribution >= 0.6 is 22.7 Å². The van der Waals surface area contributed by atoms with Gasteiger partial charge in [-0.3, -0.25) is 9.59 Å². The summed E-state index contributed by atoms with van der Waals surface area (Å²) in [5, 5.41) is 25.9. The molecule has 2 unspecified atom stereocenters. The van der Waals surface area contributed by atoms with Gasteiger partial charge in [-0.25, -0.2) is 0 Å². The summed E-state index contributed by atoms with van der Waals surface area (Å²) in [6.45, 7) is 0.953. The van der Waals surface area contributed by atoms with Gasteiger partial charge in [0.25, 0.3) is 0 Å². The Kier molecular flexibility index (Phi) is 9.22. The van der Waals surface area contributed by atoms with E-state index in [2.05, 4.69) is 31.0 Å². The number of nitrogens with one attached hydrogen (secondary N) is 2. The number of rotatable bonds is 10. The van der Waals surface area contributed by atoms with Crippen LogP contribution in [-0.2, 0) is 35.5 Å². The largest absolute Gasteiger partial charge is 0.326 e. The van der Waals surface area contributed by atoms with Crippen LogP contribution in [0.5, 0.6) is 0 Å². The van der Waals surface area contributed by atoms with Gasteiger partial charge in [0.05, 0.1) is 12.8 Å². The highest BCUT2D eigenvalue weighted by Gasteiger charge is 2.29. The first-order chi connectivity index (χ1) is 19.5. The third-order valence-corrected chi connectivity index (χ3v) is 9.00. The lowest BCUT2D eigenvalue weighted by Crippen LogP contribution is -2.14. The molecule has 6 N–H and O–H groups in total. The average molecular weight is 577 g/mol. The van der Waals surface area contributed by atoms with E-state index < -0.39 is 0 Å². The molecule has 2 amide bonds. The van der Waals surface area contributed by atoms with Crippen molar-refractivity contribution >= 4 is 44.8 Å². The molecule has 0 radical (unpaired) electrons. The Labute approximate surface area is 240 Å². The van der Waals surface area contributed by atoms with E-state index in [-0.39, 0.29) is 36.5 Å². The Balaban J connectivity index is 1.13. The molecule has 2 aromatic heterocycles. The van der Waals surface area contributed by atoms with Crippen LogP contribution in [0.1, 0.15) is 69.8 Å². The highest BCUT2D eigenvalue weighted by Crippen LogP contribution is 2.43. The summed E-state index contributed by atoms with van der Waals surface area (Å²) in [5.74, 6) is 0.231. The third-order valence-electron chi connectivity index (χ3n) is 6.99. The molecule has 10 nitrogen and oxygen atoms in total. The first kappa shape index (κ1) is 28.0. The van der Waals surface area contributed by atoms with Crippen LogP contribution in [0.4, 0.5) is 10.3 Å². The number of hydrogen-bond acceptors (Lipinski definition) is 10. The Bertz CT molecular complexity index is 1330. The molecule has 1 aliphatic carbocycles. The van der Waals surface area contributed by atoms with Crippen LogP contribution in [0.25, 0.3) is 0 Å². The molecular formula is C28H32N8O2S2. The van der Waals surface area contributed by atoms with E-state index >= 15 is 0 Å². The molecular weight excluding hydrogens is 544 g/mol. The van der Waals surface area contributed by atoms with Gasteiger partial charge in [-0.1, -0.05) is 77.6 Å². The Morgan fingerprint density at radius 3 is 1.48 bits per heavy atom. The monoisotopic (exact) mass is 576 g/mol. The van der Waals surface area contributed by atoms with Gasteiger partial charge in [0.15, 0.2) is 0 Å². The van der Waals surface area contributed by atoms with Crippen molar-refractivity contribution in [2.45, 2.75) is 63.5 Å². The highest BCUT2D eigenvalue weighted by atomic mass is 32.1. The number of hydrogen-bond donors (Lipinski definition) is 4. The second kappa shape index (κ2) is 13.2. The summed E-state index contributed by atoms with van der Waals surface area (Å²) in [5.41, 5.74) is 15.2. The predicted octanol–water partition coefficient (Wildman–Crippen LogP) is 4.11. The van der Waals surface area contributed by atoms with E-state index in [1.807, 2.05) is 48.5 Å². The Morgan fingerprint density at radius 1 is 0.675 bits per heavy atom. The molecule has 0 aliphatic heterocycles. The van der Waals surface area contributed by atoms with E-state index in [0.29, 0.717) is 23.4 Å². The molecule has 1 aliphatic rings. The minimum absolute atomic E-state index is 0.124. The predicted molar refractivity (Wildman–Crippen MR) is 157 cm³/mol. The minimum atomic E-state index is -0.124. The summed E-state index contributed by atoms with van der Waals surface area (Å²) in [6, 6.07) is 15.4. The van der Waals surface area contributed by atoms with Crippen molar-refractivity contribution in [1.82, 2.24) is 20.4 Å². The summed E-state index contributed by atoms with van der Waals surface area (Å²) in [6.07, 6.45) is 4.47.